The van der Waals surface area contributed by atoms with Gasteiger partial charge >= 0.3 is 0 Å². The normalized spacial score (nSPS) is 15.6. The standard InChI is InChI=1S/C11H15N/c1-3-11(2,12)9-10-7-5-4-6-8-10/h3-8H,2,9,12H2,1H3. The molecule has 0 amide bonds. The SMILES string of the molecule is [CH2]C(N)([CH]C)Cc1ccccc1. The predicted molar refractivity (Wildman–Crippen MR) is 52.4 cm³/mol. The number of hydrogen-bond acceptors (Lipinski definition) is 1. The molecule has 1 nitrogen and oxygen atoms in total. The molecule has 1 heteroatoms. The average Bonchev–Trinajstić information content (AvgIpc) is 2.06. The van der Waals surface area contributed by atoms with Crippen molar-refractivity contribution in [1.29, 1.82) is 0 Å². The third kappa shape index (κ3) is 2.67. The van der Waals surface area contributed by atoms with Crippen molar-refractivity contribution in [1.82, 2.24) is 0 Å². The topological polar surface area (TPSA) is 26.0 Å². The molecule has 2 N–H and O–H groups in total. The van der Waals surface area contributed by atoms with Gasteiger partial charge in [0.1, 0.15) is 0 Å². The maximum Gasteiger partial charge on any atom is 0.0224 e. The van der Waals surface area contributed by atoms with Gasteiger partial charge in [-0.3, -0.25) is 0 Å². The van der Waals surface area contributed by atoms with Crippen LogP contribution in [0.3, 0.4) is 0 Å². The molecule has 0 aliphatic carbocycles. The third-order valence-corrected chi connectivity index (χ3v) is 1.95. The summed E-state index contributed by atoms with van der Waals surface area (Å²) in [6.07, 6.45) is 2.73. The quantitative estimate of drug-likeness (QED) is 0.720. The largest absolute Gasteiger partial charge is 0.325 e. The molecule has 1 atom stereocenters. The lowest BCUT2D eigenvalue weighted by molar-refractivity contribution is 0.600. The van der Waals surface area contributed by atoms with Crippen LogP contribution in [0.2, 0.25) is 0 Å². The van der Waals surface area contributed by atoms with Crippen LogP contribution in [0.1, 0.15) is 12.5 Å². The zero-order valence-corrected chi connectivity index (χ0v) is 7.46. The molecule has 12 heavy (non-hydrogen) atoms. The van der Waals surface area contributed by atoms with Gasteiger partial charge < -0.3 is 5.73 Å². The molecule has 1 aromatic rings. The average molecular weight is 161 g/mol. The molecule has 0 spiro atoms. The smallest absolute Gasteiger partial charge is 0.0224 e. The fourth-order valence-corrected chi connectivity index (χ4v) is 1.08. The van der Waals surface area contributed by atoms with Crippen LogP contribution < -0.4 is 5.73 Å². The predicted octanol–water partition coefficient (Wildman–Crippen LogP) is 1.98. The molecule has 0 heterocycles. The number of rotatable bonds is 3. The summed E-state index contributed by atoms with van der Waals surface area (Å²) in [6, 6.07) is 10.2. The zero-order valence-electron chi connectivity index (χ0n) is 7.46. The highest BCUT2D eigenvalue weighted by Gasteiger charge is 2.15. The van der Waals surface area contributed by atoms with E-state index in [1.54, 1.807) is 0 Å². The molecule has 0 aliphatic rings. The Bertz CT molecular complexity index is 226. The van der Waals surface area contributed by atoms with Gasteiger partial charge in [0.05, 0.1) is 0 Å². The van der Waals surface area contributed by atoms with Crippen molar-refractivity contribution in [3.05, 3.63) is 49.2 Å². The lowest BCUT2D eigenvalue weighted by Crippen LogP contribution is -2.38. The van der Waals surface area contributed by atoms with Crippen LogP contribution in [0.4, 0.5) is 0 Å². The molecule has 1 aromatic carbocycles. The van der Waals surface area contributed by atoms with Crippen molar-refractivity contribution in [2.75, 3.05) is 0 Å². The summed E-state index contributed by atoms with van der Waals surface area (Å²) in [7, 11) is 0. The second-order valence-electron chi connectivity index (χ2n) is 3.18. The maximum atomic E-state index is 5.88. The Kier molecular flexibility index (Phi) is 2.88. The van der Waals surface area contributed by atoms with Crippen molar-refractivity contribution < 1.29 is 0 Å². The lowest BCUT2D eigenvalue weighted by Gasteiger charge is -2.21. The lowest BCUT2D eigenvalue weighted by atomic mass is 9.92. The molecular formula is C11H15N. The Labute approximate surface area is 74.6 Å². The first kappa shape index (κ1) is 9.27. The van der Waals surface area contributed by atoms with Crippen molar-refractivity contribution in [3.8, 4) is 0 Å². The molecule has 0 fully saturated rings. The summed E-state index contributed by atoms with van der Waals surface area (Å²) in [5, 5.41) is 0. The minimum absolute atomic E-state index is 0.429. The van der Waals surface area contributed by atoms with Gasteiger partial charge in [0.25, 0.3) is 0 Å². The fourth-order valence-electron chi connectivity index (χ4n) is 1.08. The van der Waals surface area contributed by atoms with Gasteiger partial charge in [0, 0.05) is 5.54 Å². The number of benzene rings is 1. The molecule has 64 valence electrons. The molecule has 0 saturated heterocycles. The fraction of sp³-hybridized carbons (Fsp3) is 0.273. The highest BCUT2D eigenvalue weighted by Crippen LogP contribution is 2.11. The van der Waals surface area contributed by atoms with Gasteiger partial charge in [0.2, 0.25) is 0 Å². The Morgan fingerprint density at radius 3 is 2.50 bits per heavy atom. The minimum Gasteiger partial charge on any atom is -0.325 e. The van der Waals surface area contributed by atoms with Gasteiger partial charge in [-0.25, -0.2) is 0 Å². The summed E-state index contributed by atoms with van der Waals surface area (Å²) in [4.78, 5) is 0. The Balaban J connectivity index is 2.64. The first-order chi connectivity index (χ1) is 5.64. The summed E-state index contributed by atoms with van der Waals surface area (Å²) in [6.45, 7) is 5.85. The molecule has 0 bridgehead atoms. The van der Waals surface area contributed by atoms with E-state index in [0.29, 0.717) is 0 Å². The first-order valence-corrected chi connectivity index (χ1v) is 4.13. The monoisotopic (exact) mass is 161 g/mol. The summed E-state index contributed by atoms with van der Waals surface area (Å²) in [5.74, 6) is 0. The minimum atomic E-state index is -0.429. The van der Waals surface area contributed by atoms with Crippen molar-refractivity contribution >= 4 is 0 Å². The third-order valence-electron chi connectivity index (χ3n) is 1.95. The molecule has 1 rings (SSSR count). The van der Waals surface area contributed by atoms with E-state index in [-0.39, 0.29) is 0 Å². The van der Waals surface area contributed by atoms with Crippen LogP contribution >= 0.6 is 0 Å². The zero-order chi connectivity index (χ0) is 9.03. The molecule has 1 unspecified atom stereocenters. The van der Waals surface area contributed by atoms with E-state index in [4.69, 9.17) is 5.73 Å². The molecule has 0 saturated carbocycles. The van der Waals surface area contributed by atoms with Crippen LogP contribution in [-0.4, -0.2) is 5.54 Å². The Morgan fingerprint density at radius 1 is 1.42 bits per heavy atom. The maximum absolute atomic E-state index is 5.88. The van der Waals surface area contributed by atoms with E-state index in [9.17, 15) is 0 Å². The summed E-state index contributed by atoms with van der Waals surface area (Å²) >= 11 is 0. The van der Waals surface area contributed by atoms with E-state index in [2.05, 4.69) is 19.1 Å². The summed E-state index contributed by atoms with van der Waals surface area (Å²) < 4.78 is 0. The van der Waals surface area contributed by atoms with Crippen LogP contribution in [0.5, 0.6) is 0 Å². The van der Waals surface area contributed by atoms with Gasteiger partial charge in [0.15, 0.2) is 0 Å². The van der Waals surface area contributed by atoms with Crippen LogP contribution in [0.25, 0.3) is 0 Å². The second-order valence-corrected chi connectivity index (χ2v) is 3.18. The van der Waals surface area contributed by atoms with E-state index in [0.717, 1.165) is 6.42 Å². The van der Waals surface area contributed by atoms with E-state index < -0.39 is 5.54 Å². The van der Waals surface area contributed by atoms with Gasteiger partial charge in [-0.15, -0.1) is 0 Å². The Hall–Kier alpha value is -0.820. The highest BCUT2D eigenvalue weighted by atomic mass is 14.7. The van der Waals surface area contributed by atoms with E-state index >= 15 is 0 Å². The van der Waals surface area contributed by atoms with E-state index in [1.165, 1.54) is 5.56 Å². The van der Waals surface area contributed by atoms with Crippen molar-refractivity contribution in [2.45, 2.75) is 18.9 Å². The summed E-state index contributed by atoms with van der Waals surface area (Å²) in [5.41, 5.74) is 6.68. The molecular weight excluding hydrogens is 146 g/mol. The number of hydrogen-bond donors (Lipinski definition) is 1. The van der Waals surface area contributed by atoms with Gasteiger partial charge in [-0.05, 0) is 25.3 Å². The Morgan fingerprint density at radius 2 is 2.00 bits per heavy atom. The van der Waals surface area contributed by atoms with Crippen LogP contribution in [0, 0.1) is 13.3 Å². The number of nitrogens with two attached hydrogens (primary N) is 1. The van der Waals surface area contributed by atoms with Crippen molar-refractivity contribution in [2.24, 2.45) is 5.73 Å². The molecule has 0 aromatic heterocycles. The van der Waals surface area contributed by atoms with Gasteiger partial charge in [-0.2, -0.15) is 0 Å². The first-order valence-electron chi connectivity index (χ1n) is 4.13. The van der Waals surface area contributed by atoms with E-state index in [1.807, 2.05) is 31.5 Å². The van der Waals surface area contributed by atoms with Gasteiger partial charge in [-0.1, -0.05) is 37.3 Å². The molecule has 2 radical (unpaired) electrons. The van der Waals surface area contributed by atoms with Crippen LogP contribution in [-0.2, 0) is 6.42 Å². The van der Waals surface area contributed by atoms with Crippen molar-refractivity contribution in [3.63, 3.8) is 0 Å². The highest BCUT2D eigenvalue weighted by molar-refractivity contribution is 5.19. The van der Waals surface area contributed by atoms with Crippen LogP contribution in [0.15, 0.2) is 30.3 Å². The molecule has 0 aliphatic heterocycles. The second kappa shape index (κ2) is 3.72.